The Labute approximate surface area is 80.3 Å². The summed E-state index contributed by atoms with van der Waals surface area (Å²) in [4.78, 5) is 0.850. The highest BCUT2D eigenvalue weighted by molar-refractivity contribution is 7.99. The van der Waals surface area contributed by atoms with E-state index in [1.165, 1.54) is 0 Å². The van der Waals surface area contributed by atoms with Gasteiger partial charge in [-0.25, -0.2) is 8.78 Å². The van der Waals surface area contributed by atoms with Gasteiger partial charge in [0.2, 0.25) is 6.43 Å². The van der Waals surface area contributed by atoms with E-state index < -0.39 is 6.43 Å². The molecule has 4 heteroatoms. The lowest BCUT2D eigenvalue weighted by atomic mass is 10.2. The number of hydrogen-bond acceptors (Lipinski definition) is 2. The molecule has 0 unspecified atom stereocenters. The van der Waals surface area contributed by atoms with Crippen molar-refractivity contribution in [2.75, 3.05) is 5.75 Å². The lowest BCUT2D eigenvalue weighted by Gasteiger charge is -2.02. The maximum atomic E-state index is 11.9. The van der Waals surface area contributed by atoms with Gasteiger partial charge in [0.05, 0.1) is 5.75 Å². The highest BCUT2D eigenvalue weighted by Gasteiger charge is 2.03. The van der Waals surface area contributed by atoms with Crippen molar-refractivity contribution >= 4 is 11.8 Å². The van der Waals surface area contributed by atoms with E-state index in [1.54, 1.807) is 0 Å². The number of rotatable bonds is 4. The van der Waals surface area contributed by atoms with Crippen LogP contribution in [0.25, 0.3) is 0 Å². The van der Waals surface area contributed by atoms with Gasteiger partial charge in [0, 0.05) is 11.4 Å². The van der Waals surface area contributed by atoms with Gasteiger partial charge >= 0.3 is 0 Å². The molecule has 1 nitrogen and oxygen atoms in total. The quantitative estimate of drug-likeness (QED) is 0.761. The maximum absolute atomic E-state index is 11.9. The largest absolute Gasteiger partial charge is 0.326 e. The Morgan fingerprint density at radius 2 is 2.15 bits per heavy atom. The molecule has 0 aliphatic carbocycles. The number of nitrogens with two attached hydrogens (primary N) is 1. The summed E-state index contributed by atoms with van der Waals surface area (Å²) in [5.41, 5.74) is 6.39. The molecule has 0 heterocycles. The Morgan fingerprint density at radius 3 is 2.77 bits per heavy atom. The minimum absolute atomic E-state index is 0.159. The minimum atomic E-state index is -2.26. The van der Waals surface area contributed by atoms with E-state index in [4.69, 9.17) is 5.73 Å². The van der Waals surface area contributed by atoms with Crippen LogP contribution in [0.15, 0.2) is 29.2 Å². The Kier molecular flexibility index (Phi) is 4.18. The van der Waals surface area contributed by atoms with Crippen molar-refractivity contribution in [3.8, 4) is 0 Å². The molecule has 0 aliphatic heterocycles. The molecule has 72 valence electrons. The predicted molar refractivity (Wildman–Crippen MR) is 51.1 cm³/mol. The van der Waals surface area contributed by atoms with Crippen LogP contribution in [0.1, 0.15) is 5.56 Å². The molecule has 0 fully saturated rings. The molecule has 0 radical (unpaired) electrons. The third-order valence-electron chi connectivity index (χ3n) is 1.51. The van der Waals surface area contributed by atoms with Crippen LogP contribution < -0.4 is 5.73 Å². The smallest absolute Gasteiger partial charge is 0.247 e. The summed E-state index contributed by atoms with van der Waals surface area (Å²) in [6, 6.07) is 7.36. The van der Waals surface area contributed by atoms with E-state index >= 15 is 0 Å². The second-order valence-electron chi connectivity index (χ2n) is 2.55. The van der Waals surface area contributed by atoms with Crippen molar-refractivity contribution in [3.05, 3.63) is 29.8 Å². The first-order chi connectivity index (χ1) is 6.22. The molecular weight excluding hydrogens is 192 g/mol. The van der Waals surface area contributed by atoms with Crippen LogP contribution in [0.3, 0.4) is 0 Å². The summed E-state index contributed by atoms with van der Waals surface area (Å²) in [5, 5.41) is 0. The van der Waals surface area contributed by atoms with Crippen molar-refractivity contribution in [2.45, 2.75) is 17.9 Å². The van der Waals surface area contributed by atoms with Crippen LogP contribution in [0, 0.1) is 0 Å². The topological polar surface area (TPSA) is 26.0 Å². The first-order valence-corrected chi connectivity index (χ1v) is 4.91. The predicted octanol–water partition coefficient (Wildman–Crippen LogP) is 2.50. The number of halogens is 2. The van der Waals surface area contributed by atoms with E-state index in [1.807, 2.05) is 24.3 Å². The Balaban J connectivity index is 2.56. The number of alkyl halides is 2. The molecule has 0 bridgehead atoms. The van der Waals surface area contributed by atoms with Crippen molar-refractivity contribution in [3.63, 3.8) is 0 Å². The summed E-state index contributed by atoms with van der Waals surface area (Å²) in [5.74, 6) is -0.159. The van der Waals surface area contributed by atoms with Crippen LogP contribution in [-0.4, -0.2) is 12.2 Å². The molecule has 0 atom stereocenters. The fraction of sp³-hybridized carbons (Fsp3) is 0.333. The highest BCUT2D eigenvalue weighted by Crippen LogP contribution is 2.20. The van der Waals surface area contributed by atoms with Crippen LogP contribution in [0.4, 0.5) is 8.78 Å². The molecule has 2 N–H and O–H groups in total. The van der Waals surface area contributed by atoms with E-state index in [0.717, 1.165) is 22.2 Å². The first-order valence-electron chi connectivity index (χ1n) is 3.92. The van der Waals surface area contributed by atoms with Gasteiger partial charge in [-0.15, -0.1) is 11.8 Å². The number of benzene rings is 1. The van der Waals surface area contributed by atoms with E-state index in [0.29, 0.717) is 6.54 Å². The zero-order valence-corrected chi connectivity index (χ0v) is 7.86. The lowest BCUT2D eigenvalue weighted by Crippen LogP contribution is -1.97. The third-order valence-corrected chi connectivity index (χ3v) is 2.52. The third kappa shape index (κ3) is 3.74. The summed E-state index contributed by atoms with van der Waals surface area (Å²) in [6.07, 6.45) is -2.26. The molecule has 1 aromatic carbocycles. The lowest BCUT2D eigenvalue weighted by molar-refractivity contribution is 0.177. The molecule has 0 saturated heterocycles. The Hall–Kier alpha value is -0.610. The van der Waals surface area contributed by atoms with Crippen LogP contribution in [-0.2, 0) is 6.54 Å². The molecule has 13 heavy (non-hydrogen) atoms. The standard InChI is InChI=1S/C9H11F2NS/c10-9(11)6-13-8-3-1-2-7(4-8)5-12/h1-4,9H,5-6,12H2. The molecular formula is C9H11F2NS. The zero-order chi connectivity index (χ0) is 9.68. The summed E-state index contributed by atoms with van der Waals surface area (Å²) < 4.78 is 23.7. The second kappa shape index (κ2) is 5.19. The summed E-state index contributed by atoms with van der Waals surface area (Å²) in [7, 11) is 0. The van der Waals surface area contributed by atoms with Gasteiger partial charge in [-0.1, -0.05) is 12.1 Å². The van der Waals surface area contributed by atoms with E-state index in [-0.39, 0.29) is 5.75 Å². The summed E-state index contributed by atoms with van der Waals surface area (Å²) >= 11 is 1.15. The van der Waals surface area contributed by atoms with Gasteiger partial charge in [0.15, 0.2) is 0 Å². The fourth-order valence-electron chi connectivity index (χ4n) is 0.921. The average Bonchev–Trinajstić information content (AvgIpc) is 2.15. The maximum Gasteiger partial charge on any atom is 0.247 e. The van der Waals surface area contributed by atoms with Gasteiger partial charge in [-0.05, 0) is 17.7 Å². The Morgan fingerprint density at radius 1 is 1.38 bits per heavy atom. The monoisotopic (exact) mass is 203 g/mol. The molecule has 0 spiro atoms. The molecule has 0 aromatic heterocycles. The Bertz CT molecular complexity index is 266. The average molecular weight is 203 g/mol. The molecule has 1 rings (SSSR count). The van der Waals surface area contributed by atoms with Crippen LogP contribution in [0.2, 0.25) is 0 Å². The zero-order valence-electron chi connectivity index (χ0n) is 7.04. The van der Waals surface area contributed by atoms with Crippen molar-refractivity contribution in [1.29, 1.82) is 0 Å². The summed E-state index contributed by atoms with van der Waals surface area (Å²) in [6.45, 7) is 0.447. The van der Waals surface area contributed by atoms with Crippen LogP contribution >= 0.6 is 11.8 Å². The minimum Gasteiger partial charge on any atom is -0.326 e. The second-order valence-corrected chi connectivity index (χ2v) is 3.65. The van der Waals surface area contributed by atoms with Crippen molar-refractivity contribution < 1.29 is 8.78 Å². The van der Waals surface area contributed by atoms with E-state index in [9.17, 15) is 8.78 Å². The van der Waals surface area contributed by atoms with Crippen LogP contribution in [0.5, 0.6) is 0 Å². The van der Waals surface area contributed by atoms with Gasteiger partial charge in [-0.3, -0.25) is 0 Å². The molecule has 0 saturated carbocycles. The SMILES string of the molecule is NCc1cccc(SCC(F)F)c1. The van der Waals surface area contributed by atoms with Gasteiger partial charge in [0.25, 0.3) is 0 Å². The highest BCUT2D eigenvalue weighted by atomic mass is 32.2. The first kappa shape index (κ1) is 10.5. The van der Waals surface area contributed by atoms with Crippen molar-refractivity contribution in [1.82, 2.24) is 0 Å². The molecule has 1 aromatic rings. The number of thioether (sulfide) groups is 1. The molecule has 0 aliphatic rings. The number of hydrogen-bond donors (Lipinski definition) is 1. The fourth-order valence-corrected chi connectivity index (χ4v) is 1.65. The van der Waals surface area contributed by atoms with Gasteiger partial charge in [-0.2, -0.15) is 0 Å². The van der Waals surface area contributed by atoms with E-state index in [2.05, 4.69) is 0 Å². The van der Waals surface area contributed by atoms with Gasteiger partial charge in [0.1, 0.15) is 0 Å². The van der Waals surface area contributed by atoms with Gasteiger partial charge < -0.3 is 5.73 Å². The van der Waals surface area contributed by atoms with Crippen molar-refractivity contribution in [2.24, 2.45) is 5.73 Å². The normalized spacial score (nSPS) is 10.8. The molecule has 0 amide bonds.